The van der Waals surface area contributed by atoms with Crippen molar-refractivity contribution in [3.05, 3.63) is 18.1 Å². The summed E-state index contributed by atoms with van der Waals surface area (Å²) >= 11 is 0. The van der Waals surface area contributed by atoms with Crippen LogP contribution >= 0.6 is 0 Å². The zero-order chi connectivity index (χ0) is 13.0. The van der Waals surface area contributed by atoms with E-state index in [-0.39, 0.29) is 5.60 Å². The van der Waals surface area contributed by atoms with Crippen LogP contribution in [0.15, 0.2) is 12.4 Å². The molecule has 0 bridgehead atoms. The van der Waals surface area contributed by atoms with Crippen molar-refractivity contribution >= 4 is 5.82 Å². The van der Waals surface area contributed by atoms with Crippen LogP contribution in [0.2, 0.25) is 0 Å². The van der Waals surface area contributed by atoms with Crippen LogP contribution < -0.4 is 5.32 Å². The van der Waals surface area contributed by atoms with E-state index < -0.39 is 0 Å². The number of nitrogens with zero attached hydrogens (tertiary/aromatic N) is 3. The Morgan fingerprint density at radius 2 is 2.28 bits per heavy atom. The number of methoxy groups -OCH3 is 1. The Morgan fingerprint density at radius 3 is 2.89 bits per heavy atom. The van der Waals surface area contributed by atoms with Crippen molar-refractivity contribution in [3.63, 3.8) is 0 Å². The third-order valence-electron chi connectivity index (χ3n) is 3.58. The van der Waals surface area contributed by atoms with Crippen LogP contribution in [0.5, 0.6) is 0 Å². The van der Waals surface area contributed by atoms with Gasteiger partial charge in [-0.05, 0) is 26.3 Å². The summed E-state index contributed by atoms with van der Waals surface area (Å²) in [6.07, 6.45) is 5.91. The number of aromatic nitrogens is 2. The third-order valence-corrected chi connectivity index (χ3v) is 3.58. The molecule has 1 saturated heterocycles. The van der Waals surface area contributed by atoms with Gasteiger partial charge < -0.3 is 10.1 Å². The summed E-state index contributed by atoms with van der Waals surface area (Å²) in [6.45, 7) is 5.08. The van der Waals surface area contributed by atoms with Crippen molar-refractivity contribution < 1.29 is 4.74 Å². The number of likely N-dealkylation sites (tertiary alicyclic amines) is 1. The number of rotatable bonds is 4. The standard InChI is InChI=1S/C13H22N4O/c1-13(18-3)5-4-6-17(10-13)9-11-7-16-12(14-2)8-15-11/h7-8H,4-6,9-10H2,1-3H3,(H,14,16). The summed E-state index contributed by atoms with van der Waals surface area (Å²) in [4.78, 5) is 11.1. The SMILES string of the molecule is CNc1cnc(CN2CCCC(C)(OC)C2)cn1. The van der Waals surface area contributed by atoms with Gasteiger partial charge >= 0.3 is 0 Å². The van der Waals surface area contributed by atoms with Crippen molar-refractivity contribution in [2.24, 2.45) is 0 Å². The second kappa shape index (κ2) is 5.63. The maximum absolute atomic E-state index is 5.60. The Hall–Kier alpha value is -1.20. The fraction of sp³-hybridized carbons (Fsp3) is 0.692. The Morgan fingerprint density at radius 1 is 1.44 bits per heavy atom. The average molecular weight is 250 g/mol. The molecule has 0 radical (unpaired) electrons. The molecule has 1 atom stereocenters. The molecule has 1 N–H and O–H groups in total. The van der Waals surface area contributed by atoms with Gasteiger partial charge in [-0.15, -0.1) is 0 Å². The summed E-state index contributed by atoms with van der Waals surface area (Å²) in [5.41, 5.74) is 0.991. The molecule has 1 aliphatic rings. The Balaban J connectivity index is 1.96. The largest absolute Gasteiger partial charge is 0.377 e. The predicted octanol–water partition coefficient (Wildman–Crippen LogP) is 1.52. The number of ether oxygens (including phenoxy) is 1. The van der Waals surface area contributed by atoms with Crippen LogP contribution in [0, 0.1) is 0 Å². The molecule has 0 saturated carbocycles. The van der Waals surface area contributed by atoms with Gasteiger partial charge in [0.15, 0.2) is 0 Å². The van der Waals surface area contributed by atoms with Gasteiger partial charge in [0.05, 0.1) is 23.7 Å². The predicted molar refractivity (Wildman–Crippen MR) is 71.5 cm³/mol. The molecule has 1 aliphatic heterocycles. The molecule has 0 spiro atoms. The zero-order valence-electron chi connectivity index (χ0n) is 11.4. The van der Waals surface area contributed by atoms with Crippen molar-refractivity contribution in [1.29, 1.82) is 0 Å². The monoisotopic (exact) mass is 250 g/mol. The van der Waals surface area contributed by atoms with Gasteiger partial charge in [0.2, 0.25) is 0 Å². The van der Waals surface area contributed by atoms with E-state index in [1.54, 1.807) is 13.3 Å². The fourth-order valence-electron chi connectivity index (χ4n) is 2.40. The van der Waals surface area contributed by atoms with E-state index in [1.807, 2.05) is 13.2 Å². The Labute approximate surface area is 109 Å². The van der Waals surface area contributed by atoms with Gasteiger partial charge in [0.1, 0.15) is 5.82 Å². The van der Waals surface area contributed by atoms with Crippen LogP contribution in [0.25, 0.3) is 0 Å². The molecule has 5 nitrogen and oxygen atoms in total. The maximum atomic E-state index is 5.60. The van der Waals surface area contributed by atoms with E-state index in [0.29, 0.717) is 0 Å². The van der Waals surface area contributed by atoms with E-state index in [9.17, 15) is 0 Å². The summed E-state index contributed by atoms with van der Waals surface area (Å²) in [6, 6.07) is 0. The molecule has 2 heterocycles. The van der Waals surface area contributed by atoms with Gasteiger partial charge in [-0.2, -0.15) is 0 Å². The van der Waals surface area contributed by atoms with E-state index in [1.165, 1.54) is 6.42 Å². The molecule has 100 valence electrons. The van der Waals surface area contributed by atoms with Gasteiger partial charge in [0, 0.05) is 27.2 Å². The molecule has 18 heavy (non-hydrogen) atoms. The molecule has 0 aromatic carbocycles. The molecule has 0 aliphatic carbocycles. The summed E-state index contributed by atoms with van der Waals surface area (Å²) in [5.74, 6) is 0.805. The molecule has 1 unspecified atom stereocenters. The van der Waals surface area contributed by atoms with Crippen molar-refractivity contribution in [1.82, 2.24) is 14.9 Å². The first-order chi connectivity index (χ1) is 8.65. The van der Waals surface area contributed by atoms with Crippen LogP contribution in [-0.2, 0) is 11.3 Å². The van der Waals surface area contributed by atoms with Crippen molar-refractivity contribution in [3.8, 4) is 0 Å². The van der Waals surface area contributed by atoms with Gasteiger partial charge in [0.25, 0.3) is 0 Å². The lowest BCUT2D eigenvalue weighted by atomic mass is 9.95. The van der Waals surface area contributed by atoms with Crippen LogP contribution in [-0.4, -0.2) is 47.7 Å². The lowest BCUT2D eigenvalue weighted by molar-refractivity contribution is -0.0529. The lowest BCUT2D eigenvalue weighted by Gasteiger charge is -2.39. The summed E-state index contributed by atoms with van der Waals surface area (Å²) in [5, 5.41) is 2.97. The van der Waals surface area contributed by atoms with Crippen LogP contribution in [0.3, 0.4) is 0 Å². The maximum Gasteiger partial charge on any atom is 0.144 e. The topological polar surface area (TPSA) is 50.3 Å². The molecule has 2 rings (SSSR count). The highest BCUT2D eigenvalue weighted by atomic mass is 16.5. The van der Waals surface area contributed by atoms with Gasteiger partial charge in [-0.1, -0.05) is 0 Å². The zero-order valence-corrected chi connectivity index (χ0v) is 11.4. The fourth-order valence-corrected chi connectivity index (χ4v) is 2.40. The minimum absolute atomic E-state index is 0.0173. The van der Waals surface area contributed by atoms with Crippen LogP contribution in [0.1, 0.15) is 25.5 Å². The van der Waals surface area contributed by atoms with Crippen molar-refractivity contribution in [2.75, 3.05) is 32.6 Å². The van der Waals surface area contributed by atoms with E-state index in [0.717, 1.165) is 37.6 Å². The Kier molecular flexibility index (Phi) is 4.14. The highest BCUT2D eigenvalue weighted by Crippen LogP contribution is 2.24. The number of nitrogens with one attached hydrogen (secondary N) is 1. The smallest absolute Gasteiger partial charge is 0.144 e. The van der Waals surface area contributed by atoms with E-state index >= 15 is 0 Å². The highest BCUT2D eigenvalue weighted by Gasteiger charge is 2.30. The molecule has 1 fully saturated rings. The van der Waals surface area contributed by atoms with E-state index in [4.69, 9.17) is 4.74 Å². The number of piperidine rings is 1. The van der Waals surface area contributed by atoms with Crippen LogP contribution in [0.4, 0.5) is 5.82 Å². The third kappa shape index (κ3) is 3.17. The molecule has 5 heteroatoms. The second-order valence-electron chi connectivity index (χ2n) is 5.11. The number of hydrogen-bond donors (Lipinski definition) is 1. The molecule has 0 amide bonds. The summed E-state index contributed by atoms with van der Waals surface area (Å²) in [7, 11) is 3.64. The number of anilines is 1. The first kappa shape index (κ1) is 13.2. The molecule has 1 aromatic rings. The summed E-state index contributed by atoms with van der Waals surface area (Å²) < 4.78 is 5.60. The van der Waals surface area contributed by atoms with E-state index in [2.05, 4.69) is 27.1 Å². The van der Waals surface area contributed by atoms with Gasteiger partial charge in [-0.3, -0.25) is 9.88 Å². The molecular formula is C13H22N4O. The first-order valence-electron chi connectivity index (χ1n) is 6.41. The second-order valence-corrected chi connectivity index (χ2v) is 5.11. The minimum Gasteiger partial charge on any atom is -0.377 e. The average Bonchev–Trinajstić information content (AvgIpc) is 2.40. The molecular weight excluding hydrogens is 228 g/mol. The Bertz CT molecular complexity index is 381. The highest BCUT2D eigenvalue weighted by molar-refractivity contribution is 5.29. The number of hydrogen-bond acceptors (Lipinski definition) is 5. The molecule has 1 aromatic heterocycles. The van der Waals surface area contributed by atoms with Gasteiger partial charge in [-0.25, -0.2) is 4.98 Å². The quantitative estimate of drug-likeness (QED) is 0.878. The first-order valence-corrected chi connectivity index (χ1v) is 6.41. The normalized spacial score (nSPS) is 25.1. The minimum atomic E-state index is -0.0173. The lowest BCUT2D eigenvalue weighted by Crippen LogP contribution is -2.46. The van der Waals surface area contributed by atoms with Crippen molar-refractivity contribution in [2.45, 2.75) is 31.9 Å².